The summed E-state index contributed by atoms with van der Waals surface area (Å²) >= 11 is 0. The Morgan fingerprint density at radius 1 is 1.00 bits per heavy atom. The van der Waals surface area contributed by atoms with Crippen molar-refractivity contribution in [3.8, 4) is 11.5 Å². The summed E-state index contributed by atoms with van der Waals surface area (Å²) in [7, 11) is 0. The van der Waals surface area contributed by atoms with Crippen LogP contribution in [0.2, 0.25) is 0 Å². The molecule has 1 unspecified atom stereocenters. The molecule has 0 fully saturated rings. The van der Waals surface area contributed by atoms with E-state index in [9.17, 15) is 9.59 Å². The molecule has 30 heavy (non-hydrogen) atoms. The van der Waals surface area contributed by atoms with Crippen LogP contribution in [0.3, 0.4) is 0 Å². The molecule has 156 valence electrons. The number of amides is 3. The highest BCUT2D eigenvalue weighted by Crippen LogP contribution is 2.29. The Bertz CT molecular complexity index is 1040. The van der Waals surface area contributed by atoms with Crippen molar-refractivity contribution in [1.82, 2.24) is 15.6 Å². The van der Waals surface area contributed by atoms with Crippen LogP contribution in [0.5, 0.6) is 11.5 Å². The van der Waals surface area contributed by atoms with E-state index in [0.29, 0.717) is 11.5 Å². The summed E-state index contributed by atoms with van der Waals surface area (Å²) in [4.78, 5) is 28.4. The van der Waals surface area contributed by atoms with E-state index in [-0.39, 0.29) is 0 Å². The topological polar surface area (TPSA) is 92.3 Å². The predicted octanol–water partition coefficient (Wildman–Crippen LogP) is 4.45. The normalized spacial score (nSPS) is 12.1. The highest BCUT2D eigenvalue weighted by Gasteiger charge is 2.19. The fourth-order valence-electron chi connectivity index (χ4n) is 2.81. The zero-order valence-corrected chi connectivity index (χ0v) is 17.5. The standard InChI is InChI=1S/C23H26N4O3/c1-15(21(28)26-22(29)27-23(2,3)4)25-17-10-12-18(13-11-17)30-19-9-5-7-16-8-6-14-24-20(16)19/h5-15,25H,1-4H3,(H2,26,27,28,29). The van der Waals surface area contributed by atoms with Gasteiger partial charge in [-0.3, -0.25) is 15.1 Å². The molecule has 3 N–H and O–H groups in total. The minimum absolute atomic E-state index is 0.418. The van der Waals surface area contributed by atoms with Gasteiger partial charge < -0.3 is 15.4 Å². The first kappa shape index (κ1) is 21.1. The molecule has 0 aliphatic rings. The molecule has 0 aliphatic carbocycles. The van der Waals surface area contributed by atoms with E-state index in [2.05, 4.69) is 20.9 Å². The first-order valence-corrected chi connectivity index (χ1v) is 9.72. The van der Waals surface area contributed by atoms with Crippen LogP contribution in [0.1, 0.15) is 27.7 Å². The second-order valence-corrected chi connectivity index (χ2v) is 8.02. The average molecular weight is 406 g/mol. The van der Waals surface area contributed by atoms with Crippen LogP contribution in [0.15, 0.2) is 60.8 Å². The molecular formula is C23H26N4O3. The number of imide groups is 1. The molecule has 1 aromatic heterocycles. The van der Waals surface area contributed by atoms with Crippen molar-refractivity contribution in [2.75, 3.05) is 5.32 Å². The molecule has 3 aromatic rings. The third-order valence-electron chi connectivity index (χ3n) is 4.18. The first-order chi connectivity index (χ1) is 14.2. The minimum Gasteiger partial charge on any atom is -0.455 e. The molecular weight excluding hydrogens is 380 g/mol. The lowest BCUT2D eigenvalue weighted by molar-refractivity contribution is -0.120. The van der Waals surface area contributed by atoms with Gasteiger partial charge in [0.1, 0.15) is 17.3 Å². The maximum absolute atomic E-state index is 12.2. The number of nitrogens with one attached hydrogen (secondary N) is 3. The average Bonchev–Trinajstić information content (AvgIpc) is 2.68. The number of carbonyl (C=O) groups is 2. The highest BCUT2D eigenvalue weighted by atomic mass is 16.5. The zero-order chi connectivity index (χ0) is 21.7. The first-order valence-electron chi connectivity index (χ1n) is 9.72. The lowest BCUT2D eigenvalue weighted by Gasteiger charge is -2.21. The smallest absolute Gasteiger partial charge is 0.321 e. The summed E-state index contributed by atoms with van der Waals surface area (Å²) in [5, 5.41) is 9.10. The monoisotopic (exact) mass is 406 g/mol. The van der Waals surface area contributed by atoms with Crippen LogP contribution in [-0.4, -0.2) is 28.5 Å². The van der Waals surface area contributed by atoms with Crippen molar-refractivity contribution in [1.29, 1.82) is 0 Å². The van der Waals surface area contributed by atoms with Gasteiger partial charge in [0.15, 0.2) is 5.75 Å². The molecule has 7 heteroatoms. The van der Waals surface area contributed by atoms with E-state index >= 15 is 0 Å². The maximum atomic E-state index is 12.2. The van der Waals surface area contributed by atoms with Gasteiger partial charge in [0.05, 0.1) is 0 Å². The van der Waals surface area contributed by atoms with Crippen LogP contribution in [0.25, 0.3) is 10.9 Å². The number of ether oxygens (including phenoxy) is 1. The van der Waals surface area contributed by atoms with E-state index in [1.807, 2.05) is 63.2 Å². The molecule has 1 heterocycles. The third-order valence-corrected chi connectivity index (χ3v) is 4.18. The van der Waals surface area contributed by atoms with Gasteiger partial charge in [0.2, 0.25) is 5.91 Å². The summed E-state index contributed by atoms with van der Waals surface area (Å²) in [6.45, 7) is 7.22. The van der Waals surface area contributed by atoms with Crippen LogP contribution in [0, 0.1) is 0 Å². The molecule has 0 saturated carbocycles. The molecule has 0 aliphatic heterocycles. The number of carbonyl (C=O) groups excluding carboxylic acids is 2. The van der Waals surface area contributed by atoms with Gasteiger partial charge in [-0.15, -0.1) is 0 Å². The summed E-state index contributed by atoms with van der Waals surface area (Å²) in [6, 6.07) is 15.8. The largest absolute Gasteiger partial charge is 0.455 e. The fraction of sp³-hybridized carbons (Fsp3) is 0.261. The van der Waals surface area contributed by atoms with E-state index < -0.39 is 23.5 Å². The Kier molecular flexibility index (Phi) is 6.20. The molecule has 0 saturated heterocycles. The molecule has 3 rings (SSSR count). The Morgan fingerprint density at radius 2 is 1.70 bits per heavy atom. The van der Waals surface area contributed by atoms with Gasteiger partial charge >= 0.3 is 6.03 Å². The van der Waals surface area contributed by atoms with Gasteiger partial charge in [-0.05, 0) is 64.1 Å². The number of anilines is 1. The quantitative estimate of drug-likeness (QED) is 0.582. The molecule has 0 spiro atoms. The van der Waals surface area contributed by atoms with Crippen molar-refractivity contribution in [2.45, 2.75) is 39.3 Å². The Balaban J connectivity index is 1.60. The Labute approximate surface area is 175 Å². The lowest BCUT2D eigenvalue weighted by atomic mass is 10.1. The van der Waals surface area contributed by atoms with E-state index in [0.717, 1.165) is 16.6 Å². The van der Waals surface area contributed by atoms with Gasteiger partial charge in [-0.1, -0.05) is 18.2 Å². The van der Waals surface area contributed by atoms with Crippen molar-refractivity contribution >= 4 is 28.5 Å². The SMILES string of the molecule is CC(Nc1ccc(Oc2cccc3cccnc23)cc1)C(=O)NC(=O)NC(C)(C)C. The van der Waals surface area contributed by atoms with Crippen LogP contribution in [0.4, 0.5) is 10.5 Å². The molecule has 0 bridgehead atoms. The van der Waals surface area contributed by atoms with Gasteiger partial charge in [-0.2, -0.15) is 0 Å². The number of urea groups is 1. The molecule has 0 radical (unpaired) electrons. The van der Waals surface area contributed by atoms with Crippen molar-refractivity contribution in [3.05, 3.63) is 60.8 Å². The molecule has 2 aromatic carbocycles. The van der Waals surface area contributed by atoms with Gasteiger partial charge in [0, 0.05) is 22.8 Å². The van der Waals surface area contributed by atoms with Gasteiger partial charge in [-0.25, -0.2) is 4.79 Å². The number of para-hydroxylation sites is 1. The van der Waals surface area contributed by atoms with Crippen molar-refractivity contribution in [2.24, 2.45) is 0 Å². The summed E-state index contributed by atoms with van der Waals surface area (Å²) in [5.74, 6) is 0.908. The Hall–Kier alpha value is -3.61. The van der Waals surface area contributed by atoms with Gasteiger partial charge in [0.25, 0.3) is 0 Å². The zero-order valence-electron chi connectivity index (χ0n) is 17.5. The Morgan fingerprint density at radius 3 is 2.40 bits per heavy atom. The van der Waals surface area contributed by atoms with Crippen LogP contribution in [-0.2, 0) is 4.79 Å². The minimum atomic E-state index is -0.593. The number of hydrogen-bond acceptors (Lipinski definition) is 5. The molecule has 1 atom stereocenters. The molecule has 3 amide bonds. The van der Waals surface area contributed by atoms with Crippen molar-refractivity contribution in [3.63, 3.8) is 0 Å². The maximum Gasteiger partial charge on any atom is 0.321 e. The summed E-state index contributed by atoms with van der Waals surface area (Å²) < 4.78 is 5.98. The second kappa shape index (κ2) is 8.82. The summed E-state index contributed by atoms with van der Waals surface area (Å²) in [5.41, 5.74) is 1.11. The van der Waals surface area contributed by atoms with E-state index in [4.69, 9.17) is 4.74 Å². The molecule has 7 nitrogen and oxygen atoms in total. The predicted molar refractivity (Wildman–Crippen MR) is 118 cm³/mol. The fourth-order valence-corrected chi connectivity index (χ4v) is 2.81. The number of hydrogen-bond donors (Lipinski definition) is 3. The van der Waals surface area contributed by atoms with Crippen LogP contribution < -0.4 is 20.7 Å². The summed E-state index contributed by atoms with van der Waals surface area (Å²) in [6.07, 6.45) is 1.73. The highest BCUT2D eigenvalue weighted by molar-refractivity contribution is 5.98. The number of rotatable bonds is 5. The van der Waals surface area contributed by atoms with E-state index in [1.54, 1.807) is 25.3 Å². The lowest BCUT2D eigenvalue weighted by Crippen LogP contribution is -2.51. The number of benzene rings is 2. The number of nitrogens with zero attached hydrogens (tertiary/aromatic N) is 1. The second-order valence-electron chi connectivity index (χ2n) is 8.02. The number of fused-ring (bicyclic) bond motifs is 1. The number of pyridine rings is 1. The number of aromatic nitrogens is 1. The third kappa shape index (κ3) is 5.70. The van der Waals surface area contributed by atoms with E-state index in [1.165, 1.54) is 0 Å². The van der Waals surface area contributed by atoms with Crippen molar-refractivity contribution < 1.29 is 14.3 Å². The van der Waals surface area contributed by atoms with Crippen LogP contribution >= 0.6 is 0 Å².